The van der Waals surface area contributed by atoms with Crippen LogP contribution in [0.5, 0.6) is 0 Å². The molecule has 0 bridgehead atoms. The molecule has 152 valence electrons. The molecular weight excluding hydrogens is 395 g/mol. The van der Waals surface area contributed by atoms with Crippen LogP contribution in [0, 0.1) is 0 Å². The van der Waals surface area contributed by atoms with Crippen LogP contribution in [0.3, 0.4) is 0 Å². The highest BCUT2D eigenvalue weighted by Gasteiger charge is 2.32. The van der Waals surface area contributed by atoms with Gasteiger partial charge in [-0.2, -0.15) is 13.2 Å². The number of hydrogen-bond acceptors (Lipinski definition) is 1. The minimum absolute atomic E-state index is 0.390. The third-order valence-electron chi connectivity index (χ3n) is 5.60. The second-order valence-electron chi connectivity index (χ2n) is 7.49. The molecule has 0 amide bonds. The lowest BCUT2D eigenvalue weighted by Crippen LogP contribution is -2.10. The number of rotatable bonds is 2. The summed E-state index contributed by atoms with van der Waals surface area (Å²) in [5.41, 5.74) is 6.02. The molecule has 0 aromatic heterocycles. The molecule has 4 aromatic rings. The Bertz CT molecular complexity index is 1270. The Morgan fingerprint density at radius 2 is 1.23 bits per heavy atom. The van der Waals surface area contributed by atoms with Crippen molar-refractivity contribution in [3.63, 3.8) is 0 Å². The van der Waals surface area contributed by atoms with Crippen LogP contribution < -0.4 is 0 Å². The predicted octanol–water partition coefficient (Wildman–Crippen LogP) is 7.39. The summed E-state index contributed by atoms with van der Waals surface area (Å²) in [6.45, 7) is 0.390. The van der Waals surface area contributed by atoms with Crippen LogP contribution in [-0.4, -0.2) is 5.71 Å². The summed E-state index contributed by atoms with van der Waals surface area (Å²) in [5.74, 6) is 0. The van der Waals surface area contributed by atoms with Gasteiger partial charge in [0.05, 0.1) is 17.8 Å². The van der Waals surface area contributed by atoms with Gasteiger partial charge in [-0.25, -0.2) is 0 Å². The van der Waals surface area contributed by atoms with Crippen molar-refractivity contribution in [2.75, 3.05) is 0 Å². The number of nitrogens with zero attached hydrogens (tertiary/aromatic N) is 1. The molecule has 0 saturated carbocycles. The van der Waals surface area contributed by atoms with E-state index in [4.69, 9.17) is 4.99 Å². The maximum absolute atomic E-state index is 13.5. The highest BCUT2D eigenvalue weighted by Crippen LogP contribution is 2.40. The molecule has 0 radical (unpaired) electrons. The Kier molecular flexibility index (Phi) is 4.70. The zero-order valence-corrected chi connectivity index (χ0v) is 16.5. The Morgan fingerprint density at radius 3 is 1.90 bits per heavy atom. The number of hydrogen-bond donors (Lipinski definition) is 0. The second-order valence-corrected chi connectivity index (χ2v) is 7.49. The predicted molar refractivity (Wildman–Crippen MR) is 118 cm³/mol. The molecule has 1 nitrogen and oxygen atoms in total. The topological polar surface area (TPSA) is 12.4 Å². The van der Waals surface area contributed by atoms with Crippen molar-refractivity contribution in [1.29, 1.82) is 0 Å². The summed E-state index contributed by atoms with van der Waals surface area (Å²) in [4.78, 5) is 4.83. The first-order chi connectivity index (χ1) is 15.0. The summed E-state index contributed by atoms with van der Waals surface area (Å²) < 4.78 is 40.6. The van der Waals surface area contributed by atoms with Gasteiger partial charge in [-0.05, 0) is 39.9 Å². The van der Waals surface area contributed by atoms with Gasteiger partial charge in [0.1, 0.15) is 0 Å². The molecule has 0 unspecified atom stereocenters. The molecular formula is C27H18F3N. The number of alkyl halides is 3. The monoisotopic (exact) mass is 413 g/mol. The number of halogens is 3. The first-order valence-corrected chi connectivity index (χ1v) is 10.0. The number of aliphatic imine (C=N–C) groups is 1. The van der Waals surface area contributed by atoms with Crippen LogP contribution in [0.1, 0.15) is 22.3 Å². The number of benzene rings is 4. The largest absolute Gasteiger partial charge is 0.416 e. The van der Waals surface area contributed by atoms with E-state index in [-0.39, 0.29) is 0 Å². The maximum Gasteiger partial charge on any atom is 0.416 e. The third-order valence-corrected chi connectivity index (χ3v) is 5.60. The molecule has 0 saturated heterocycles. The van der Waals surface area contributed by atoms with Crippen LogP contribution in [0.25, 0.3) is 22.3 Å². The summed E-state index contributed by atoms with van der Waals surface area (Å²) in [5, 5.41) is 0. The molecule has 0 fully saturated rings. The lowest BCUT2D eigenvalue weighted by atomic mass is 9.88. The molecule has 1 aliphatic heterocycles. The van der Waals surface area contributed by atoms with Crippen molar-refractivity contribution in [1.82, 2.24) is 0 Å². The van der Waals surface area contributed by atoms with Gasteiger partial charge in [-0.3, -0.25) is 4.99 Å². The van der Waals surface area contributed by atoms with Gasteiger partial charge in [0.25, 0.3) is 0 Å². The molecule has 1 heterocycles. The van der Waals surface area contributed by atoms with Crippen molar-refractivity contribution in [2.24, 2.45) is 4.99 Å². The van der Waals surface area contributed by atoms with Crippen LogP contribution in [0.2, 0.25) is 0 Å². The van der Waals surface area contributed by atoms with Gasteiger partial charge < -0.3 is 0 Å². The van der Waals surface area contributed by atoms with Gasteiger partial charge in [0.15, 0.2) is 0 Å². The van der Waals surface area contributed by atoms with Crippen molar-refractivity contribution in [3.05, 3.63) is 119 Å². The zero-order chi connectivity index (χ0) is 21.4. The fourth-order valence-electron chi connectivity index (χ4n) is 4.14. The van der Waals surface area contributed by atoms with E-state index in [9.17, 15) is 13.2 Å². The number of fused-ring (bicyclic) bond motifs is 3. The quantitative estimate of drug-likeness (QED) is 0.325. The first-order valence-electron chi connectivity index (χ1n) is 10.0. The van der Waals surface area contributed by atoms with Gasteiger partial charge in [-0.15, -0.1) is 0 Å². The highest BCUT2D eigenvalue weighted by atomic mass is 19.4. The zero-order valence-electron chi connectivity index (χ0n) is 16.5. The van der Waals surface area contributed by atoms with Crippen LogP contribution >= 0.6 is 0 Å². The highest BCUT2D eigenvalue weighted by molar-refractivity contribution is 6.17. The van der Waals surface area contributed by atoms with Crippen molar-refractivity contribution >= 4 is 5.71 Å². The Balaban J connectivity index is 1.79. The fourth-order valence-corrected chi connectivity index (χ4v) is 4.14. The van der Waals surface area contributed by atoms with E-state index in [1.807, 2.05) is 78.9 Å². The molecule has 0 spiro atoms. The minimum Gasteiger partial charge on any atom is -0.279 e. The van der Waals surface area contributed by atoms with Crippen LogP contribution in [0.4, 0.5) is 13.2 Å². The normalized spacial score (nSPS) is 13.1. The molecule has 0 aliphatic carbocycles. The van der Waals surface area contributed by atoms with E-state index in [1.54, 1.807) is 6.07 Å². The minimum atomic E-state index is -4.42. The molecule has 31 heavy (non-hydrogen) atoms. The summed E-state index contributed by atoms with van der Waals surface area (Å²) in [6.07, 6.45) is -4.42. The van der Waals surface area contributed by atoms with Crippen molar-refractivity contribution in [2.45, 2.75) is 12.7 Å². The molecule has 4 heteroatoms. The van der Waals surface area contributed by atoms with Crippen molar-refractivity contribution < 1.29 is 13.2 Å². The lowest BCUT2D eigenvalue weighted by Gasteiger charge is -2.16. The van der Waals surface area contributed by atoms with Crippen LogP contribution in [0.15, 0.2) is 102 Å². The second kappa shape index (κ2) is 7.55. The van der Waals surface area contributed by atoms with E-state index in [0.717, 1.165) is 39.4 Å². The molecule has 1 aliphatic rings. The fraction of sp³-hybridized carbons (Fsp3) is 0.0741. The standard InChI is InChI=1S/C27H18F3N/c28-27(29,30)20-14-15-23-22-13-7-12-21(18-8-3-1-4-9-18)25(22)17-31-26(24(23)16-20)19-10-5-2-6-11-19/h1-16H,17H2. The van der Waals surface area contributed by atoms with E-state index >= 15 is 0 Å². The summed E-state index contributed by atoms with van der Waals surface area (Å²) in [7, 11) is 0. The van der Waals surface area contributed by atoms with E-state index in [0.29, 0.717) is 17.8 Å². The lowest BCUT2D eigenvalue weighted by molar-refractivity contribution is -0.137. The van der Waals surface area contributed by atoms with Crippen LogP contribution in [-0.2, 0) is 12.7 Å². The molecule has 5 rings (SSSR count). The molecule has 4 aromatic carbocycles. The average Bonchev–Trinajstić information content (AvgIpc) is 2.96. The SMILES string of the molecule is FC(F)(F)c1ccc2c(c1)C(c1ccccc1)=NCc1c(-c3ccccc3)cccc1-2. The first kappa shape index (κ1) is 19.3. The van der Waals surface area contributed by atoms with E-state index in [1.165, 1.54) is 6.07 Å². The molecule has 0 atom stereocenters. The van der Waals surface area contributed by atoms with Gasteiger partial charge >= 0.3 is 6.18 Å². The summed E-state index contributed by atoms with van der Waals surface area (Å²) >= 11 is 0. The van der Waals surface area contributed by atoms with Gasteiger partial charge in [0.2, 0.25) is 0 Å². The van der Waals surface area contributed by atoms with E-state index in [2.05, 4.69) is 0 Å². The van der Waals surface area contributed by atoms with Crippen molar-refractivity contribution in [3.8, 4) is 22.3 Å². The average molecular weight is 413 g/mol. The Hall–Kier alpha value is -3.66. The third kappa shape index (κ3) is 3.55. The Labute approximate surface area is 178 Å². The van der Waals surface area contributed by atoms with Gasteiger partial charge in [-0.1, -0.05) is 84.9 Å². The van der Waals surface area contributed by atoms with E-state index < -0.39 is 11.7 Å². The molecule has 0 N–H and O–H groups in total. The maximum atomic E-state index is 13.5. The summed E-state index contributed by atoms with van der Waals surface area (Å²) in [6, 6.07) is 29.3. The Morgan fingerprint density at radius 1 is 0.581 bits per heavy atom. The van der Waals surface area contributed by atoms with Gasteiger partial charge in [0, 0.05) is 11.1 Å². The smallest absolute Gasteiger partial charge is 0.279 e.